The molecule has 2 aromatic rings. The van der Waals surface area contributed by atoms with E-state index < -0.39 is 0 Å². The SMILES string of the molecule is CNCCc1ccccc1C(=O)NC(C)c1ccc(C(C)C)cc1. The van der Waals surface area contributed by atoms with E-state index in [4.69, 9.17) is 0 Å². The van der Waals surface area contributed by atoms with Crippen LogP contribution in [0.2, 0.25) is 0 Å². The summed E-state index contributed by atoms with van der Waals surface area (Å²) in [5.41, 5.74) is 4.28. The first-order valence-electron chi connectivity index (χ1n) is 8.66. The zero-order valence-corrected chi connectivity index (χ0v) is 15.1. The predicted molar refractivity (Wildman–Crippen MR) is 100 cm³/mol. The fourth-order valence-corrected chi connectivity index (χ4v) is 2.75. The first-order chi connectivity index (χ1) is 11.5. The van der Waals surface area contributed by atoms with Crippen molar-refractivity contribution in [3.8, 4) is 0 Å². The average Bonchev–Trinajstić information content (AvgIpc) is 2.60. The van der Waals surface area contributed by atoms with Crippen LogP contribution in [0.3, 0.4) is 0 Å². The molecule has 2 rings (SSSR count). The monoisotopic (exact) mass is 324 g/mol. The largest absolute Gasteiger partial charge is 0.346 e. The molecule has 1 amide bonds. The highest BCUT2D eigenvalue weighted by Crippen LogP contribution is 2.19. The van der Waals surface area contributed by atoms with Gasteiger partial charge in [0.1, 0.15) is 0 Å². The van der Waals surface area contributed by atoms with E-state index in [0.29, 0.717) is 5.92 Å². The lowest BCUT2D eigenvalue weighted by Gasteiger charge is -2.17. The van der Waals surface area contributed by atoms with Gasteiger partial charge in [0.2, 0.25) is 0 Å². The molecule has 0 aliphatic rings. The van der Waals surface area contributed by atoms with Gasteiger partial charge in [-0.25, -0.2) is 0 Å². The van der Waals surface area contributed by atoms with Crippen LogP contribution in [-0.4, -0.2) is 19.5 Å². The Morgan fingerprint density at radius 3 is 2.21 bits per heavy atom. The summed E-state index contributed by atoms with van der Waals surface area (Å²) in [6, 6.07) is 16.3. The lowest BCUT2D eigenvalue weighted by atomic mass is 9.99. The lowest BCUT2D eigenvalue weighted by Crippen LogP contribution is -2.28. The van der Waals surface area contributed by atoms with Crippen molar-refractivity contribution in [2.75, 3.05) is 13.6 Å². The molecule has 0 saturated heterocycles. The second-order valence-corrected chi connectivity index (χ2v) is 6.53. The zero-order chi connectivity index (χ0) is 17.5. The van der Waals surface area contributed by atoms with E-state index in [1.807, 2.05) is 38.2 Å². The molecule has 2 N–H and O–H groups in total. The van der Waals surface area contributed by atoms with Gasteiger partial charge in [-0.3, -0.25) is 4.79 Å². The number of benzene rings is 2. The first-order valence-corrected chi connectivity index (χ1v) is 8.66. The number of rotatable bonds is 7. The van der Waals surface area contributed by atoms with Gasteiger partial charge >= 0.3 is 0 Å². The lowest BCUT2D eigenvalue weighted by molar-refractivity contribution is 0.0939. The fourth-order valence-electron chi connectivity index (χ4n) is 2.75. The zero-order valence-electron chi connectivity index (χ0n) is 15.1. The van der Waals surface area contributed by atoms with Crippen LogP contribution in [0.5, 0.6) is 0 Å². The highest BCUT2D eigenvalue weighted by molar-refractivity contribution is 5.95. The summed E-state index contributed by atoms with van der Waals surface area (Å²) in [7, 11) is 1.92. The van der Waals surface area contributed by atoms with Crippen molar-refractivity contribution in [3.63, 3.8) is 0 Å². The topological polar surface area (TPSA) is 41.1 Å². The Morgan fingerprint density at radius 1 is 0.958 bits per heavy atom. The third-order valence-electron chi connectivity index (χ3n) is 4.36. The van der Waals surface area contributed by atoms with Gasteiger partial charge in [-0.2, -0.15) is 0 Å². The molecule has 0 bridgehead atoms. The first kappa shape index (κ1) is 18.2. The van der Waals surface area contributed by atoms with Crippen LogP contribution in [0.1, 0.15) is 59.8 Å². The smallest absolute Gasteiger partial charge is 0.252 e. The molecular weight excluding hydrogens is 296 g/mol. The molecule has 2 aromatic carbocycles. The van der Waals surface area contributed by atoms with Gasteiger partial charge in [-0.1, -0.05) is 56.3 Å². The summed E-state index contributed by atoms with van der Waals surface area (Å²) in [5, 5.41) is 6.25. The van der Waals surface area contributed by atoms with E-state index in [1.165, 1.54) is 5.56 Å². The van der Waals surface area contributed by atoms with E-state index >= 15 is 0 Å². The molecule has 0 aliphatic carbocycles. The number of amides is 1. The van der Waals surface area contributed by atoms with Crippen molar-refractivity contribution in [2.45, 2.75) is 39.2 Å². The molecular formula is C21H28N2O. The Morgan fingerprint density at radius 2 is 1.58 bits per heavy atom. The molecule has 0 spiro atoms. The third-order valence-corrected chi connectivity index (χ3v) is 4.36. The normalized spacial score (nSPS) is 12.2. The molecule has 128 valence electrons. The predicted octanol–water partition coefficient (Wildman–Crippen LogP) is 4.06. The van der Waals surface area contributed by atoms with Crippen LogP contribution >= 0.6 is 0 Å². The number of hydrogen-bond acceptors (Lipinski definition) is 2. The standard InChI is InChI=1S/C21H28N2O/c1-15(2)17-9-11-18(12-10-17)16(3)23-21(24)20-8-6-5-7-19(20)13-14-22-4/h5-12,15-16,22H,13-14H2,1-4H3,(H,23,24). The van der Waals surface area contributed by atoms with Crippen molar-refractivity contribution in [3.05, 3.63) is 70.8 Å². The maximum Gasteiger partial charge on any atom is 0.252 e. The van der Waals surface area contributed by atoms with Crippen LogP contribution in [0.4, 0.5) is 0 Å². The molecule has 0 radical (unpaired) electrons. The van der Waals surface area contributed by atoms with Gasteiger partial charge in [0.05, 0.1) is 6.04 Å². The van der Waals surface area contributed by atoms with Crippen molar-refractivity contribution in [2.24, 2.45) is 0 Å². The molecule has 0 saturated carbocycles. The molecule has 0 heterocycles. The Labute approximate surface area is 145 Å². The van der Waals surface area contributed by atoms with Gasteiger partial charge in [0.15, 0.2) is 0 Å². The summed E-state index contributed by atoms with van der Waals surface area (Å²) in [6.07, 6.45) is 0.845. The molecule has 3 nitrogen and oxygen atoms in total. The number of carbonyl (C=O) groups is 1. The molecule has 3 heteroatoms. The highest BCUT2D eigenvalue weighted by atomic mass is 16.1. The summed E-state index contributed by atoms with van der Waals surface area (Å²) >= 11 is 0. The molecule has 0 aliphatic heterocycles. The summed E-state index contributed by atoms with van der Waals surface area (Å²) in [5.74, 6) is 0.505. The van der Waals surface area contributed by atoms with E-state index in [-0.39, 0.29) is 11.9 Å². The molecule has 24 heavy (non-hydrogen) atoms. The number of hydrogen-bond donors (Lipinski definition) is 2. The number of carbonyl (C=O) groups excluding carboxylic acids is 1. The second-order valence-electron chi connectivity index (χ2n) is 6.53. The van der Waals surface area contributed by atoms with Gasteiger partial charge in [-0.05, 0) is 55.6 Å². The summed E-state index contributed by atoms with van der Waals surface area (Å²) < 4.78 is 0. The van der Waals surface area contributed by atoms with E-state index in [9.17, 15) is 4.79 Å². The Hall–Kier alpha value is -2.13. The van der Waals surface area contributed by atoms with Gasteiger partial charge < -0.3 is 10.6 Å². The highest BCUT2D eigenvalue weighted by Gasteiger charge is 2.14. The van der Waals surface area contributed by atoms with Gasteiger partial charge in [-0.15, -0.1) is 0 Å². The number of nitrogens with one attached hydrogen (secondary N) is 2. The third kappa shape index (κ3) is 4.68. The Kier molecular flexibility index (Phi) is 6.56. The van der Waals surface area contributed by atoms with Crippen LogP contribution in [-0.2, 0) is 6.42 Å². The minimum absolute atomic E-state index is 0.0119. The minimum atomic E-state index is -0.0175. The molecule has 1 unspecified atom stereocenters. The van der Waals surface area contributed by atoms with Crippen molar-refractivity contribution >= 4 is 5.91 Å². The van der Waals surface area contributed by atoms with E-state index in [2.05, 4.69) is 48.7 Å². The van der Waals surface area contributed by atoms with E-state index in [1.54, 1.807) is 0 Å². The second kappa shape index (κ2) is 8.65. The summed E-state index contributed by atoms with van der Waals surface area (Å²) in [6.45, 7) is 7.25. The van der Waals surface area contributed by atoms with Gasteiger partial charge in [0.25, 0.3) is 5.91 Å². The fraction of sp³-hybridized carbons (Fsp3) is 0.381. The molecule has 0 aromatic heterocycles. The minimum Gasteiger partial charge on any atom is -0.346 e. The van der Waals surface area contributed by atoms with Gasteiger partial charge in [0, 0.05) is 5.56 Å². The summed E-state index contributed by atoms with van der Waals surface area (Å²) in [4.78, 5) is 12.7. The maximum atomic E-state index is 12.7. The van der Waals surface area contributed by atoms with Crippen LogP contribution in [0.25, 0.3) is 0 Å². The van der Waals surface area contributed by atoms with Crippen molar-refractivity contribution < 1.29 is 4.79 Å². The van der Waals surface area contributed by atoms with E-state index in [0.717, 1.165) is 29.7 Å². The average molecular weight is 324 g/mol. The van der Waals surface area contributed by atoms with Crippen LogP contribution in [0.15, 0.2) is 48.5 Å². The Bertz CT molecular complexity index is 662. The molecule has 0 fully saturated rings. The number of likely N-dealkylation sites (N-methyl/N-ethyl adjacent to an activating group) is 1. The Balaban J connectivity index is 2.08. The van der Waals surface area contributed by atoms with Crippen molar-refractivity contribution in [1.82, 2.24) is 10.6 Å². The van der Waals surface area contributed by atoms with Crippen LogP contribution < -0.4 is 10.6 Å². The molecule has 1 atom stereocenters. The maximum absolute atomic E-state index is 12.7. The van der Waals surface area contributed by atoms with Crippen LogP contribution in [0, 0.1) is 0 Å². The quantitative estimate of drug-likeness (QED) is 0.806. The van der Waals surface area contributed by atoms with Crippen molar-refractivity contribution in [1.29, 1.82) is 0 Å².